The van der Waals surface area contributed by atoms with Crippen molar-refractivity contribution in [2.45, 2.75) is 38.8 Å². The Bertz CT molecular complexity index is 465. The molecule has 0 bridgehead atoms. The Labute approximate surface area is 113 Å². The molecule has 2 atom stereocenters. The normalized spacial score (nSPS) is 15.6. The van der Waals surface area contributed by atoms with Crippen LogP contribution in [0.3, 0.4) is 0 Å². The summed E-state index contributed by atoms with van der Waals surface area (Å²) in [4.78, 5) is 11.4. The first-order valence-electron chi connectivity index (χ1n) is 6.20. The molecule has 4 nitrogen and oxygen atoms in total. The number of rotatable bonds is 6. The number of hydrogen-bond acceptors (Lipinski definition) is 3. The monoisotopic (exact) mass is 268 g/mol. The molecule has 0 aliphatic heterocycles. The Morgan fingerprint density at radius 3 is 2.74 bits per heavy atom. The van der Waals surface area contributed by atoms with Gasteiger partial charge in [-0.3, -0.25) is 4.79 Å². The zero-order valence-corrected chi connectivity index (χ0v) is 11.8. The lowest BCUT2D eigenvalue weighted by Crippen LogP contribution is -2.53. The standard InChI is InChI=1S/C14H21FN2O2/c1-9-5-6-11(15)7-12(9)19-10(2)8-14(3,17-4)13(16)18/h5-7,10,17H,8H2,1-4H3,(H2,16,18). The number of amides is 1. The summed E-state index contributed by atoms with van der Waals surface area (Å²) < 4.78 is 18.8. The maximum Gasteiger partial charge on any atom is 0.237 e. The molecule has 0 radical (unpaired) electrons. The first-order valence-corrected chi connectivity index (χ1v) is 6.20. The van der Waals surface area contributed by atoms with Crippen molar-refractivity contribution in [3.05, 3.63) is 29.6 Å². The van der Waals surface area contributed by atoms with Gasteiger partial charge < -0.3 is 15.8 Å². The molecular weight excluding hydrogens is 247 g/mol. The molecule has 1 amide bonds. The van der Waals surface area contributed by atoms with Gasteiger partial charge in [0, 0.05) is 12.5 Å². The Morgan fingerprint density at radius 1 is 1.58 bits per heavy atom. The summed E-state index contributed by atoms with van der Waals surface area (Å²) in [5.41, 5.74) is 5.36. The van der Waals surface area contributed by atoms with Crippen LogP contribution in [0.25, 0.3) is 0 Å². The first-order chi connectivity index (χ1) is 8.78. The third kappa shape index (κ3) is 3.92. The van der Waals surface area contributed by atoms with E-state index in [1.165, 1.54) is 12.1 Å². The summed E-state index contributed by atoms with van der Waals surface area (Å²) in [5, 5.41) is 2.89. The van der Waals surface area contributed by atoms with E-state index >= 15 is 0 Å². The van der Waals surface area contributed by atoms with Crippen LogP contribution in [0.2, 0.25) is 0 Å². The lowest BCUT2D eigenvalue weighted by atomic mass is 9.94. The average Bonchev–Trinajstić information content (AvgIpc) is 2.33. The second kappa shape index (κ2) is 6.02. The molecule has 0 fully saturated rings. The van der Waals surface area contributed by atoms with E-state index in [1.54, 1.807) is 20.0 Å². The van der Waals surface area contributed by atoms with Gasteiger partial charge >= 0.3 is 0 Å². The number of carbonyl (C=O) groups excluding carboxylic acids is 1. The summed E-state index contributed by atoms with van der Waals surface area (Å²) in [6.07, 6.45) is 0.125. The zero-order valence-electron chi connectivity index (χ0n) is 11.8. The van der Waals surface area contributed by atoms with Crippen molar-refractivity contribution in [3.63, 3.8) is 0 Å². The second-order valence-electron chi connectivity index (χ2n) is 4.99. The van der Waals surface area contributed by atoms with E-state index in [2.05, 4.69) is 5.32 Å². The van der Waals surface area contributed by atoms with Crippen molar-refractivity contribution < 1.29 is 13.9 Å². The minimum Gasteiger partial charge on any atom is -0.490 e. The van der Waals surface area contributed by atoms with Crippen LogP contribution >= 0.6 is 0 Å². The number of halogens is 1. The van der Waals surface area contributed by atoms with Gasteiger partial charge in [0.1, 0.15) is 11.6 Å². The van der Waals surface area contributed by atoms with E-state index in [1.807, 2.05) is 13.8 Å². The SMILES string of the molecule is CNC(C)(CC(C)Oc1cc(F)ccc1C)C(N)=O. The molecule has 0 saturated heterocycles. The van der Waals surface area contributed by atoms with E-state index < -0.39 is 11.4 Å². The first kappa shape index (κ1) is 15.4. The van der Waals surface area contributed by atoms with Gasteiger partial charge in [-0.2, -0.15) is 0 Å². The molecule has 1 rings (SSSR count). The largest absolute Gasteiger partial charge is 0.490 e. The number of likely N-dealkylation sites (N-methyl/N-ethyl adjacent to an activating group) is 1. The van der Waals surface area contributed by atoms with Crippen molar-refractivity contribution in [1.29, 1.82) is 0 Å². The maximum absolute atomic E-state index is 13.2. The Hall–Kier alpha value is -1.62. The van der Waals surface area contributed by atoms with Crippen molar-refractivity contribution in [2.24, 2.45) is 5.73 Å². The summed E-state index contributed by atoms with van der Waals surface area (Å²) in [5.74, 6) is -0.309. The molecule has 0 heterocycles. The molecule has 1 aromatic carbocycles. The van der Waals surface area contributed by atoms with Crippen molar-refractivity contribution >= 4 is 5.91 Å². The van der Waals surface area contributed by atoms with E-state index in [4.69, 9.17) is 10.5 Å². The van der Waals surface area contributed by atoms with Crippen molar-refractivity contribution in [3.8, 4) is 5.75 Å². The van der Waals surface area contributed by atoms with Gasteiger partial charge in [-0.15, -0.1) is 0 Å². The van der Waals surface area contributed by atoms with E-state index in [9.17, 15) is 9.18 Å². The lowest BCUT2D eigenvalue weighted by molar-refractivity contribution is -0.124. The maximum atomic E-state index is 13.2. The predicted octanol–water partition coefficient (Wildman–Crippen LogP) is 1.75. The Balaban J connectivity index is 2.77. The summed E-state index contributed by atoms with van der Waals surface area (Å²) >= 11 is 0. The minimum atomic E-state index is -0.847. The molecule has 0 aromatic heterocycles. The molecule has 19 heavy (non-hydrogen) atoms. The highest BCUT2D eigenvalue weighted by Crippen LogP contribution is 2.22. The highest BCUT2D eigenvalue weighted by atomic mass is 19.1. The number of hydrogen-bond donors (Lipinski definition) is 2. The van der Waals surface area contributed by atoms with E-state index in [-0.39, 0.29) is 11.9 Å². The van der Waals surface area contributed by atoms with Crippen LogP contribution in [0.15, 0.2) is 18.2 Å². The molecule has 0 aliphatic carbocycles. The fourth-order valence-corrected chi connectivity index (χ4v) is 1.86. The van der Waals surface area contributed by atoms with Crippen LogP contribution < -0.4 is 15.8 Å². The number of carbonyl (C=O) groups is 1. The summed E-state index contributed by atoms with van der Waals surface area (Å²) in [7, 11) is 1.67. The number of nitrogens with one attached hydrogen (secondary N) is 1. The van der Waals surface area contributed by atoms with Crippen LogP contribution in [0.4, 0.5) is 4.39 Å². The van der Waals surface area contributed by atoms with Crippen LogP contribution in [0.1, 0.15) is 25.8 Å². The number of nitrogens with two attached hydrogens (primary N) is 1. The molecule has 3 N–H and O–H groups in total. The Morgan fingerprint density at radius 2 is 2.21 bits per heavy atom. The van der Waals surface area contributed by atoms with Gasteiger partial charge in [0.15, 0.2) is 0 Å². The van der Waals surface area contributed by atoms with Gasteiger partial charge in [0.05, 0.1) is 11.6 Å². The lowest BCUT2D eigenvalue weighted by Gasteiger charge is -2.29. The fourth-order valence-electron chi connectivity index (χ4n) is 1.86. The van der Waals surface area contributed by atoms with E-state index in [0.29, 0.717) is 12.2 Å². The van der Waals surface area contributed by atoms with Gasteiger partial charge in [0.2, 0.25) is 5.91 Å². The number of primary amides is 1. The predicted molar refractivity (Wildman–Crippen MR) is 72.5 cm³/mol. The van der Waals surface area contributed by atoms with Crippen LogP contribution in [0.5, 0.6) is 5.75 Å². The summed E-state index contributed by atoms with van der Waals surface area (Å²) in [6.45, 7) is 5.38. The molecule has 0 aliphatic rings. The van der Waals surface area contributed by atoms with Gasteiger partial charge in [-0.25, -0.2) is 4.39 Å². The van der Waals surface area contributed by atoms with Crippen LogP contribution in [0, 0.1) is 12.7 Å². The van der Waals surface area contributed by atoms with Crippen LogP contribution in [-0.4, -0.2) is 24.6 Å². The smallest absolute Gasteiger partial charge is 0.237 e. The molecule has 0 spiro atoms. The molecule has 5 heteroatoms. The molecule has 106 valence electrons. The van der Waals surface area contributed by atoms with E-state index in [0.717, 1.165) is 5.56 Å². The van der Waals surface area contributed by atoms with Gasteiger partial charge in [-0.05, 0) is 39.4 Å². The quantitative estimate of drug-likeness (QED) is 0.826. The molecule has 1 aromatic rings. The number of aryl methyl sites for hydroxylation is 1. The minimum absolute atomic E-state index is 0.273. The third-order valence-corrected chi connectivity index (χ3v) is 3.27. The highest BCUT2D eigenvalue weighted by molar-refractivity contribution is 5.84. The fraction of sp³-hybridized carbons (Fsp3) is 0.500. The van der Waals surface area contributed by atoms with Gasteiger partial charge in [-0.1, -0.05) is 6.07 Å². The highest BCUT2D eigenvalue weighted by Gasteiger charge is 2.31. The third-order valence-electron chi connectivity index (χ3n) is 3.27. The average molecular weight is 268 g/mol. The zero-order chi connectivity index (χ0) is 14.6. The van der Waals surface area contributed by atoms with Crippen molar-refractivity contribution in [1.82, 2.24) is 5.32 Å². The Kier molecular flexibility index (Phi) is 4.89. The molecule has 2 unspecified atom stereocenters. The van der Waals surface area contributed by atoms with Crippen molar-refractivity contribution in [2.75, 3.05) is 7.05 Å². The van der Waals surface area contributed by atoms with Gasteiger partial charge in [0.25, 0.3) is 0 Å². The number of ether oxygens (including phenoxy) is 1. The number of benzene rings is 1. The topological polar surface area (TPSA) is 64.3 Å². The molecule has 0 saturated carbocycles. The second-order valence-corrected chi connectivity index (χ2v) is 4.99. The van der Waals surface area contributed by atoms with Crippen LogP contribution in [-0.2, 0) is 4.79 Å². The molecular formula is C14H21FN2O2. The summed E-state index contributed by atoms with van der Waals surface area (Å²) in [6, 6.07) is 4.38.